The Labute approximate surface area is 153 Å². The van der Waals surface area contributed by atoms with Crippen molar-refractivity contribution in [2.45, 2.75) is 37.2 Å². The first kappa shape index (κ1) is 20.6. The molecule has 0 aliphatic carbocycles. The number of rotatable bonds is 11. The highest BCUT2D eigenvalue weighted by atomic mass is 32.2. The number of hydrogen-bond acceptors (Lipinski definition) is 6. The van der Waals surface area contributed by atoms with E-state index in [4.69, 9.17) is 14.6 Å². The van der Waals surface area contributed by atoms with Crippen LogP contribution in [-0.4, -0.2) is 58.5 Å². The standard InChI is InChI=1S/C17H26N2O6S/c1-2-24-9-4-8-19-26(22,23)16-11-13(17(20)21)6-7-15(16)18-12-14-5-3-10-25-14/h6-7,11,14,18-19H,2-5,8-10,12H2,1H3,(H,20,21). The van der Waals surface area contributed by atoms with Crippen molar-refractivity contribution >= 4 is 21.7 Å². The third-order valence-electron chi connectivity index (χ3n) is 4.02. The molecule has 1 fully saturated rings. The summed E-state index contributed by atoms with van der Waals surface area (Å²) in [6.07, 6.45) is 2.46. The first-order valence-corrected chi connectivity index (χ1v) is 10.2. The molecule has 0 spiro atoms. The molecule has 0 radical (unpaired) electrons. The summed E-state index contributed by atoms with van der Waals surface area (Å²) in [6.45, 7) is 4.29. The molecule has 2 rings (SSSR count). The highest BCUT2D eigenvalue weighted by molar-refractivity contribution is 7.89. The van der Waals surface area contributed by atoms with Gasteiger partial charge in [-0.05, 0) is 44.4 Å². The van der Waals surface area contributed by atoms with E-state index in [1.54, 1.807) is 0 Å². The predicted molar refractivity (Wildman–Crippen MR) is 97.2 cm³/mol. The summed E-state index contributed by atoms with van der Waals surface area (Å²) in [4.78, 5) is 11.1. The second-order valence-corrected chi connectivity index (χ2v) is 7.72. The Balaban J connectivity index is 2.12. The lowest BCUT2D eigenvalue weighted by molar-refractivity contribution is 0.0696. The molecule has 1 unspecified atom stereocenters. The van der Waals surface area contributed by atoms with Crippen molar-refractivity contribution in [1.82, 2.24) is 4.72 Å². The minimum atomic E-state index is -3.85. The average Bonchev–Trinajstić information content (AvgIpc) is 3.13. The van der Waals surface area contributed by atoms with E-state index >= 15 is 0 Å². The van der Waals surface area contributed by atoms with Crippen LogP contribution in [-0.2, 0) is 19.5 Å². The summed E-state index contributed by atoms with van der Waals surface area (Å²) < 4.78 is 38.5. The average molecular weight is 386 g/mol. The van der Waals surface area contributed by atoms with Gasteiger partial charge in [0.2, 0.25) is 10.0 Å². The van der Waals surface area contributed by atoms with Crippen LogP contribution in [0.1, 0.15) is 36.5 Å². The number of carboxylic acid groups (broad SMARTS) is 1. The molecule has 0 saturated carbocycles. The lowest BCUT2D eigenvalue weighted by Gasteiger charge is -2.16. The molecule has 3 N–H and O–H groups in total. The van der Waals surface area contributed by atoms with Gasteiger partial charge in [0.15, 0.2) is 0 Å². The lowest BCUT2D eigenvalue weighted by Crippen LogP contribution is -2.27. The van der Waals surface area contributed by atoms with Gasteiger partial charge in [-0.1, -0.05) is 0 Å². The number of anilines is 1. The van der Waals surface area contributed by atoms with Gasteiger partial charge in [0.25, 0.3) is 0 Å². The molecule has 1 atom stereocenters. The smallest absolute Gasteiger partial charge is 0.335 e. The van der Waals surface area contributed by atoms with Crippen LogP contribution in [0.5, 0.6) is 0 Å². The van der Waals surface area contributed by atoms with E-state index in [0.717, 1.165) is 12.8 Å². The molecule has 1 aliphatic heterocycles. The Morgan fingerprint density at radius 2 is 2.23 bits per heavy atom. The molecule has 0 bridgehead atoms. The van der Waals surface area contributed by atoms with Crippen molar-refractivity contribution in [3.8, 4) is 0 Å². The SMILES string of the molecule is CCOCCCNS(=O)(=O)c1cc(C(=O)O)ccc1NCC1CCCO1. The molecule has 1 saturated heterocycles. The maximum atomic E-state index is 12.6. The molecular formula is C17H26N2O6S. The minimum Gasteiger partial charge on any atom is -0.478 e. The monoisotopic (exact) mass is 386 g/mol. The zero-order valence-electron chi connectivity index (χ0n) is 14.9. The Bertz CT molecular complexity index is 701. The van der Waals surface area contributed by atoms with E-state index in [9.17, 15) is 13.2 Å². The van der Waals surface area contributed by atoms with Crippen molar-refractivity contribution in [3.63, 3.8) is 0 Å². The van der Waals surface area contributed by atoms with Crippen molar-refractivity contribution in [3.05, 3.63) is 23.8 Å². The quantitative estimate of drug-likeness (QED) is 0.496. The number of carbonyl (C=O) groups is 1. The van der Waals surface area contributed by atoms with E-state index in [1.165, 1.54) is 18.2 Å². The molecule has 146 valence electrons. The molecule has 1 aliphatic rings. The van der Waals surface area contributed by atoms with E-state index in [2.05, 4.69) is 10.0 Å². The first-order valence-electron chi connectivity index (χ1n) is 8.74. The molecule has 1 heterocycles. The number of benzene rings is 1. The summed E-state index contributed by atoms with van der Waals surface area (Å²) >= 11 is 0. The topological polar surface area (TPSA) is 114 Å². The van der Waals surface area contributed by atoms with Gasteiger partial charge < -0.3 is 19.9 Å². The summed E-state index contributed by atoms with van der Waals surface area (Å²) in [7, 11) is -3.85. The van der Waals surface area contributed by atoms with Crippen LogP contribution >= 0.6 is 0 Å². The van der Waals surface area contributed by atoms with Crippen LogP contribution in [0.15, 0.2) is 23.1 Å². The fourth-order valence-electron chi connectivity index (χ4n) is 2.66. The van der Waals surface area contributed by atoms with Gasteiger partial charge in [-0.15, -0.1) is 0 Å². The Morgan fingerprint density at radius 3 is 2.88 bits per heavy atom. The van der Waals surface area contributed by atoms with Crippen LogP contribution in [0.4, 0.5) is 5.69 Å². The van der Waals surface area contributed by atoms with Crippen LogP contribution < -0.4 is 10.0 Å². The van der Waals surface area contributed by atoms with Crippen LogP contribution in [0.25, 0.3) is 0 Å². The molecular weight excluding hydrogens is 360 g/mol. The van der Waals surface area contributed by atoms with E-state index in [0.29, 0.717) is 38.5 Å². The van der Waals surface area contributed by atoms with Gasteiger partial charge in [0.05, 0.1) is 17.4 Å². The summed E-state index contributed by atoms with van der Waals surface area (Å²) in [5.41, 5.74) is 0.283. The zero-order chi connectivity index (χ0) is 19.0. The molecule has 26 heavy (non-hydrogen) atoms. The summed E-state index contributed by atoms with van der Waals surface area (Å²) in [6, 6.07) is 4.03. The first-order chi connectivity index (χ1) is 12.4. The molecule has 0 amide bonds. The van der Waals surface area contributed by atoms with Crippen molar-refractivity contribution < 1.29 is 27.8 Å². The largest absolute Gasteiger partial charge is 0.478 e. The van der Waals surface area contributed by atoms with Crippen LogP contribution in [0.3, 0.4) is 0 Å². The summed E-state index contributed by atoms with van der Waals surface area (Å²) in [5.74, 6) is -1.18. The van der Waals surface area contributed by atoms with Gasteiger partial charge in [0, 0.05) is 32.9 Å². The Morgan fingerprint density at radius 1 is 1.42 bits per heavy atom. The molecule has 0 aromatic heterocycles. The molecule has 1 aromatic carbocycles. The van der Waals surface area contributed by atoms with Gasteiger partial charge in [0.1, 0.15) is 4.90 Å². The second-order valence-electron chi connectivity index (χ2n) is 5.98. The normalized spacial score (nSPS) is 17.3. The Hall–Kier alpha value is -1.68. The number of sulfonamides is 1. The number of nitrogens with one attached hydrogen (secondary N) is 2. The second kappa shape index (κ2) is 9.86. The highest BCUT2D eigenvalue weighted by Crippen LogP contribution is 2.24. The predicted octanol–water partition coefficient (Wildman–Crippen LogP) is 1.68. The van der Waals surface area contributed by atoms with E-state index in [-0.39, 0.29) is 23.1 Å². The number of ether oxygens (including phenoxy) is 2. The van der Waals surface area contributed by atoms with E-state index in [1.807, 2.05) is 6.92 Å². The van der Waals surface area contributed by atoms with Crippen molar-refractivity contribution in [1.29, 1.82) is 0 Å². The summed E-state index contributed by atoms with van der Waals surface area (Å²) in [5, 5.41) is 12.2. The van der Waals surface area contributed by atoms with Gasteiger partial charge in [-0.25, -0.2) is 17.9 Å². The maximum Gasteiger partial charge on any atom is 0.335 e. The fourth-order valence-corrected chi connectivity index (χ4v) is 3.94. The zero-order valence-corrected chi connectivity index (χ0v) is 15.7. The number of hydrogen-bond donors (Lipinski definition) is 3. The third-order valence-corrected chi connectivity index (χ3v) is 5.52. The van der Waals surface area contributed by atoms with Crippen LogP contribution in [0, 0.1) is 0 Å². The van der Waals surface area contributed by atoms with Crippen molar-refractivity contribution in [2.75, 3.05) is 38.2 Å². The number of carboxylic acids is 1. The highest BCUT2D eigenvalue weighted by Gasteiger charge is 2.22. The lowest BCUT2D eigenvalue weighted by atomic mass is 10.2. The van der Waals surface area contributed by atoms with Gasteiger partial charge in [-0.2, -0.15) is 0 Å². The van der Waals surface area contributed by atoms with Crippen molar-refractivity contribution in [2.24, 2.45) is 0 Å². The Kier molecular flexibility index (Phi) is 7.83. The van der Waals surface area contributed by atoms with Gasteiger partial charge >= 0.3 is 5.97 Å². The number of aromatic carboxylic acids is 1. The maximum absolute atomic E-state index is 12.6. The molecule has 1 aromatic rings. The van der Waals surface area contributed by atoms with Gasteiger partial charge in [-0.3, -0.25) is 0 Å². The van der Waals surface area contributed by atoms with E-state index < -0.39 is 16.0 Å². The fraction of sp³-hybridized carbons (Fsp3) is 0.588. The molecule has 8 nitrogen and oxygen atoms in total. The third kappa shape index (κ3) is 5.94. The van der Waals surface area contributed by atoms with Crippen LogP contribution in [0.2, 0.25) is 0 Å². The molecule has 9 heteroatoms. The minimum absolute atomic E-state index is 0.0313.